The smallest absolute Gasteiger partial charge is 0.118 e. The molecular formula is C17H17NO3S. The van der Waals surface area contributed by atoms with Crippen LogP contribution in [0.3, 0.4) is 0 Å². The van der Waals surface area contributed by atoms with Gasteiger partial charge in [-0.05, 0) is 31.2 Å². The summed E-state index contributed by atoms with van der Waals surface area (Å²) < 4.78 is 18.7. The van der Waals surface area contributed by atoms with Crippen LogP contribution in [0.15, 0.2) is 64.7 Å². The molecule has 4 nitrogen and oxygen atoms in total. The van der Waals surface area contributed by atoms with Gasteiger partial charge in [-0.2, -0.15) is 0 Å². The Labute approximate surface area is 131 Å². The number of aromatic nitrogens is 1. The number of aliphatic hydroxyl groups excluding tert-OH is 1. The summed E-state index contributed by atoms with van der Waals surface area (Å²) in [4.78, 5) is 5.48. The van der Waals surface area contributed by atoms with E-state index in [0.29, 0.717) is 4.91 Å². The lowest BCUT2D eigenvalue weighted by atomic mass is 10.1. The average Bonchev–Trinajstić information content (AvgIpc) is 3.00. The Hall–Kier alpha value is -1.82. The third kappa shape index (κ3) is 3.02. The predicted molar refractivity (Wildman–Crippen MR) is 84.6 cm³/mol. The number of hydrogen-bond donors (Lipinski definition) is 1. The summed E-state index contributed by atoms with van der Waals surface area (Å²) in [5.74, 6) is 0. The highest BCUT2D eigenvalue weighted by Crippen LogP contribution is 2.37. The van der Waals surface area contributed by atoms with Crippen LogP contribution in [0.1, 0.15) is 17.2 Å². The molecule has 3 rings (SSSR count). The van der Waals surface area contributed by atoms with E-state index >= 15 is 0 Å². The van der Waals surface area contributed by atoms with Gasteiger partial charge >= 0.3 is 0 Å². The molecule has 22 heavy (non-hydrogen) atoms. The van der Waals surface area contributed by atoms with Crippen molar-refractivity contribution in [2.24, 2.45) is 0 Å². The van der Waals surface area contributed by atoms with Crippen molar-refractivity contribution in [3.8, 4) is 0 Å². The van der Waals surface area contributed by atoms with Crippen LogP contribution in [-0.2, 0) is 15.5 Å². The van der Waals surface area contributed by atoms with E-state index in [1.807, 2.05) is 43.3 Å². The van der Waals surface area contributed by atoms with Crippen molar-refractivity contribution in [2.45, 2.75) is 24.0 Å². The van der Waals surface area contributed by atoms with Crippen LogP contribution in [0.4, 0.5) is 0 Å². The van der Waals surface area contributed by atoms with Gasteiger partial charge < -0.3 is 9.84 Å². The van der Waals surface area contributed by atoms with E-state index in [9.17, 15) is 9.32 Å². The van der Waals surface area contributed by atoms with Crippen molar-refractivity contribution >= 4 is 10.8 Å². The highest BCUT2D eigenvalue weighted by atomic mass is 32.2. The number of aryl methyl sites for hydroxylation is 1. The predicted octanol–water partition coefficient (Wildman–Crippen LogP) is 2.51. The van der Waals surface area contributed by atoms with Crippen LogP contribution in [0.25, 0.3) is 0 Å². The Morgan fingerprint density at radius 3 is 2.68 bits per heavy atom. The Bertz CT molecular complexity index is 698. The van der Waals surface area contributed by atoms with Crippen LogP contribution in [0, 0.1) is 6.92 Å². The van der Waals surface area contributed by atoms with Crippen LogP contribution in [0.5, 0.6) is 0 Å². The third-order valence-corrected chi connectivity index (χ3v) is 5.01. The van der Waals surface area contributed by atoms with E-state index in [1.54, 1.807) is 18.5 Å². The quantitative estimate of drug-likeness (QED) is 0.942. The molecule has 3 atom stereocenters. The minimum atomic E-state index is -1.32. The molecule has 1 N–H and O–H groups in total. The normalized spacial score (nSPS) is 22.4. The molecule has 1 aliphatic heterocycles. The number of benzene rings is 1. The van der Waals surface area contributed by atoms with Crippen molar-refractivity contribution in [1.82, 2.24) is 4.98 Å². The molecule has 1 aromatic carbocycles. The van der Waals surface area contributed by atoms with Gasteiger partial charge in [0.25, 0.3) is 0 Å². The molecule has 1 aliphatic rings. The molecule has 0 unspecified atom stereocenters. The monoisotopic (exact) mass is 315 g/mol. The van der Waals surface area contributed by atoms with Gasteiger partial charge in [0.2, 0.25) is 0 Å². The zero-order valence-corrected chi connectivity index (χ0v) is 13.0. The van der Waals surface area contributed by atoms with Gasteiger partial charge in [-0.25, -0.2) is 4.21 Å². The zero-order valence-electron chi connectivity index (χ0n) is 12.2. The highest BCUT2D eigenvalue weighted by molar-refractivity contribution is 7.89. The zero-order chi connectivity index (χ0) is 15.5. The van der Waals surface area contributed by atoms with Crippen molar-refractivity contribution in [2.75, 3.05) is 6.61 Å². The second-order valence-electron chi connectivity index (χ2n) is 5.17. The van der Waals surface area contributed by atoms with Gasteiger partial charge in [0.15, 0.2) is 0 Å². The topological polar surface area (TPSA) is 59.4 Å². The Balaban J connectivity index is 1.94. The van der Waals surface area contributed by atoms with E-state index in [1.165, 1.54) is 0 Å². The van der Waals surface area contributed by atoms with Gasteiger partial charge in [0.1, 0.15) is 12.2 Å². The van der Waals surface area contributed by atoms with Gasteiger partial charge in [-0.3, -0.25) is 4.98 Å². The summed E-state index contributed by atoms with van der Waals surface area (Å²) in [6, 6.07) is 11.3. The average molecular weight is 315 g/mol. The first-order valence-corrected chi connectivity index (χ1v) is 8.20. The molecule has 5 heteroatoms. The molecule has 0 fully saturated rings. The fraction of sp³-hybridized carbons (Fsp3) is 0.235. The van der Waals surface area contributed by atoms with Crippen molar-refractivity contribution in [1.29, 1.82) is 0 Å². The van der Waals surface area contributed by atoms with Crippen molar-refractivity contribution in [3.05, 3.63) is 70.9 Å². The molecule has 0 bridgehead atoms. The van der Waals surface area contributed by atoms with E-state index in [0.717, 1.165) is 16.0 Å². The molecule has 2 heterocycles. The number of nitrogens with zero attached hydrogens (tertiary/aromatic N) is 1. The molecule has 1 aromatic heterocycles. The summed E-state index contributed by atoms with van der Waals surface area (Å²) >= 11 is 0. The fourth-order valence-corrected chi connectivity index (χ4v) is 3.70. The number of hydrogen-bond acceptors (Lipinski definition) is 4. The van der Waals surface area contributed by atoms with E-state index in [-0.39, 0.29) is 6.61 Å². The second kappa shape index (κ2) is 6.52. The maximum Gasteiger partial charge on any atom is 0.118 e. The summed E-state index contributed by atoms with van der Waals surface area (Å²) in [5.41, 5.74) is 1.96. The molecule has 0 spiro atoms. The number of pyridine rings is 1. The Kier molecular flexibility index (Phi) is 4.47. The van der Waals surface area contributed by atoms with Crippen LogP contribution in [0.2, 0.25) is 0 Å². The van der Waals surface area contributed by atoms with Crippen molar-refractivity contribution < 1.29 is 14.1 Å². The first-order chi connectivity index (χ1) is 10.7. The summed E-state index contributed by atoms with van der Waals surface area (Å²) in [6.45, 7) is 1.86. The SMILES string of the molecule is Cc1ccc([S@](=O)C2=C[C@@H](CO)O[C@H]2c2cccnc2)cc1. The maximum absolute atomic E-state index is 12.9. The molecule has 0 radical (unpaired) electrons. The van der Waals surface area contributed by atoms with E-state index in [2.05, 4.69) is 4.98 Å². The Morgan fingerprint density at radius 1 is 1.27 bits per heavy atom. The lowest BCUT2D eigenvalue weighted by Crippen LogP contribution is -2.12. The largest absolute Gasteiger partial charge is 0.393 e. The van der Waals surface area contributed by atoms with E-state index in [4.69, 9.17) is 4.74 Å². The Morgan fingerprint density at radius 2 is 2.05 bits per heavy atom. The molecule has 0 amide bonds. The molecule has 2 aromatic rings. The second-order valence-corrected chi connectivity index (χ2v) is 6.65. The number of ether oxygens (including phenoxy) is 1. The minimum absolute atomic E-state index is 0.134. The maximum atomic E-state index is 12.9. The highest BCUT2D eigenvalue weighted by Gasteiger charge is 2.32. The first kappa shape index (κ1) is 15.1. The van der Waals surface area contributed by atoms with Gasteiger partial charge in [0, 0.05) is 22.9 Å². The third-order valence-electron chi connectivity index (χ3n) is 3.54. The van der Waals surface area contributed by atoms with Gasteiger partial charge in [-0.1, -0.05) is 23.8 Å². The standard InChI is InChI=1S/C17H17NO3S/c1-12-4-6-15(7-5-12)22(20)16-9-14(11-19)21-17(16)13-3-2-8-18-10-13/h2-10,14,17,19H,11H2,1H3/t14-,17-,22-/m0/s1. The van der Waals surface area contributed by atoms with E-state index < -0.39 is 23.0 Å². The molecular weight excluding hydrogens is 298 g/mol. The van der Waals surface area contributed by atoms with Crippen LogP contribution in [-0.4, -0.2) is 27.0 Å². The van der Waals surface area contributed by atoms with Crippen molar-refractivity contribution in [3.63, 3.8) is 0 Å². The number of aliphatic hydroxyl groups is 1. The lowest BCUT2D eigenvalue weighted by Gasteiger charge is -2.16. The minimum Gasteiger partial charge on any atom is -0.393 e. The number of rotatable bonds is 4. The fourth-order valence-electron chi connectivity index (χ4n) is 2.38. The lowest BCUT2D eigenvalue weighted by molar-refractivity contribution is 0.0239. The van der Waals surface area contributed by atoms with Gasteiger partial charge in [-0.15, -0.1) is 0 Å². The molecule has 0 aliphatic carbocycles. The van der Waals surface area contributed by atoms with Crippen LogP contribution < -0.4 is 0 Å². The molecule has 0 saturated heterocycles. The molecule has 114 valence electrons. The van der Waals surface area contributed by atoms with Crippen LogP contribution >= 0.6 is 0 Å². The summed E-state index contributed by atoms with van der Waals surface area (Å²) in [7, 11) is -1.32. The summed E-state index contributed by atoms with van der Waals surface area (Å²) in [5, 5.41) is 9.35. The first-order valence-electron chi connectivity index (χ1n) is 7.05. The summed E-state index contributed by atoms with van der Waals surface area (Å²) in [6.07, 6.45) is 4.27. The van der Waals surface area contributed by atoms with Gasteiger partial charge in [0.05, 0.1) is 22.3 Å². The molecule has 0 saturated carbocycles.